The summed E-state index contributed by atoms with van der Waals surface area (Å²) in [7, 11) is 1.82. The molecule has 2 heterocycles. The molecule has 1 aliphatic heterocycles. The summed E-state index contributed by atoms with van der Waals surface area (Å²) < 4.78 is 0. The Morgan fingerprint density at radius 2 is 1.71 bits per heavy atom. The smallest absolute Gasteiger partial charge is 0.266 e. The Bertz CT molecular complexity index is 1000. The van der Waals surface area contributed by atoms with Gasteiger partial charge in [-0.15, -0.1) is 0 Å². The first kappa shape index (κ1) is 20.8. The van der Waals surface area contributed by atoms with Crippen LogP contribution in [0.2, 0.25) is 0 Å². The Morgan fingerprint density at radius 1 is 1.10 bits per heavy atom. The number of aromatic amines is 1. The summed E-state index contributed by atoms with van der Waals surface area (Å²) in [5, 5.41) is 11.6. The number of hydrogen-bond donors (Lipinski definition) is 1. The first-order valence-corrected chi connectivity index (χ1v) is 10.6. The van der Waals surface area contributed by atoms with E-state index >= 15 is 0 Å². The molecule has 1 amide bonds. The van der Waals surface area contributed by atoms with Crippen LogP contribution in [-0.2, 0) is 16.1 Å². The third-order valence-corrected chi connectivity index (χ3v) is 5.92. The summed E-state index contributed by atoms with van der Waals surface area (Å²) >= 11 is 0. The van der Waals surface area contributed by atoms with Crippen LogP contribution in [0.1, 0.15) is 40.4 Å². The second kappa shape index (κ2) is 9.16. The lowest BCUT2D eigenvalue weighted by atomic mass is 9.85. The number of benzene rings is 2. The molecule has 6 nitrogen and oxygen atoms in total. The number of oxime groups is 1. The van der Waals surface area contributed by atoms with Crippen LogP contribution in [-0.4, -0.2) is 46.4 Å². The van der Waals surface area contributed by atoms with E-state index in [0.717, 1.165) is 40.2 Å². The highest BCUT2D eigenvalue weighted by Crippen LogP contribution is 2.31. The minimum Gasteiger partial charge on any atom is -0.382 e. The quantitative estimate of drug-likeness (QED) is 0.633. The number of carbonyl (C=O) groups excluding carboxylic acids is 1. The zero-order valence-corrected chi connectivity index (χ0v) is 18.2. The SMILES string of the molecule is Cc1n[nH]c(C)c1CCN(C)C(=O)[C@H]1CC(C(c2ccccc2)c2ccccc2)=NO1. The molecule has 4 rings (SSSR count). The second-order valence-corrected chi connectivity index (χ2v) is 8.06. The molecule has 160 valence electrons. The van der Waals surface area contributed by atoms with Gasteiger partial charge in [-0.1, -0.05) is 65.8 Å². The molecule has 2 aromatic carbocycles. The summed E-state index contributed by atoms with van der Waals surface area (Å²) in [6, 6.07) is 20.5. The molecule has 6 heteroatoms. The third-order valence-electron chi connectivity index (χ3n) is 5.92. The Hall–Kier alpha value is -3.41. The van der Waals surface area contributed by atoms with Crippen molar-refractivity contribution in [1.82, 2.24) is 15.1 Å². The number of carbonyl (C=O) groups is 1. The van der Waals surface area contributed by atoms with Crippen molar-refractivity contribution < 1.29 is 9.63 Å². The maximum absolute atomic E-state index is 13.0. The van der Waals surface area contributed by atoms with Crippen molar-refractivity contribution in [3.63, 3.8) is 0 Å². The van der Waals surface area contributed by atoms with Gasteiger partial charge in [0.1, 0.15) is 0 Å². The van der Waals surface area contributed by atoms with E-state index in [1.807, 2.05) is 57.3 Å². The van der Waals surface area contributed by atoms with E-state index in [9.17, 15) is 4.79 Å². The monoisotopic (exact) mass is 416 g/mol. The van der Waals surface area contributed by atoms with Crippen LogP contribution >= 0.6 is 0 Å². The Labute approximate surface area is 182 Å². The maximum atomic E-state index is 13.0. The van der Waals surface area contributed by atoms with Crippen LogP contribution in [0.4, 0.5) is 0 Å². The molecule has 0 saturated heterocycles. The lowest BCUT2D eigenvalue weighted by Crippen LogP contribution is -2.38. The van der Waals surface area contributed by atoms with Gasteiger partial charge >= 0.3 is 0 Å². The van der Waals surface area contributed by atoms with Gasteiger partial charge in [0.25, 0.3) is 5.91 Å². The van der Waals surface area contributed by atoms with Crippen molar-refractivity contribution in [3.05, 3.63) is 88.7 Å². The summed E-state index contributed by atoms with van der Waals surface area (Å²) in [6.45, 7) is 4.59. The van der Waals surface area contributed by atoms with Gasteiger partial charge in [0.05, 0.1) is 17.3 Å². The van der Waals surface area contributed by atoms with Crippen molar-refractivity contribution in [3.8, 4) is 0 Å². The third kappa shape index (κ3) is 4.53. The topological polar surface area (TPSA) is 70.6 Å². The zero-order valence-electron chi connectivity index (χ0n) is 18.2. The van der Waals surface area contributed by atoms with Gasteiger partial charge < -0.3 is 9.74 Å². The molecule has 1 atom stereocenters. The fraction of sp³-hybridized carbons (Fsp3) is 0.320. The highest BCUT2D eigenvalue weighted by molar-refractivity contribution is 5.98. The highest BCUT2D eigenvalue weighted by atomic mass is 16.6. The fourth-order valence-corrected chi connectivity index (χ4v) is 4.14. The van der Waals surface area contributed by atoms with Crippen LogP contribution in [0, 0.1) is 13.8 Å². The number of rotatable bonds is 7. The van der Waals surface area contributed by atoms with Gasteiger partial charge in [-0.3, -0.25) is 9.89 Å². The minimum absolute atomic E-state index is 0.0262. The van der Waals surface area contributed by atoms with Crippen LogP contribution in [0.25, 0.3) is 0 Å². The van der Waals surface area contributed by atoms with Crippen LogP contribution in [0.15, 0.2) is 65.8 Å². The predicted octanol–water partition coefficient (Wildman–Crippen LogP) is 4.00. The molecule has 1 aromatic heterocycles. The van der Waals surface area contributed by atoms with Gasteiger partial charge in [-0.2, -0.15) is 5.10 Å². The number of nitrogens with zero attached hydrogens (tertiary/aromatic N) is 3. The fourth-order valence-electron chi connectivity index (χ4n) is 4.14. The molecule has 31 heavy (non-hydrogen) atoms. The molecule has 0 unspecified atom stereocenters. The summed E-state index contributed by atoms with van der Waals surface area (Å²) in [5.74, 6) is -0.0702. The van der Waals surface area contributed by atoms with E-state index in [2.05, 4.69) is 39.6 Å². The molecule has 1 aliphatic rings. The van der Waals surface area contributed by atoms with Gasteiger partial charge in [0, 0.05) is 25.7 Å². The average molecular weight is 417 g/mol. The molecule has 0 saturated carbocycles. The molecule has 0 fully saturated rings. The van der Waals surface area contributed by atoms with Gasteiger partial charge in [0.2, 0.25) is 6.10 Å². The van der Waals surface area contributed by atoms with Crippen molar-refractivity contribution >= 4 is 11.6 Å². The molecule has 0 bridgehead atoms. The lowest BCUT2D eigenvalue weighted by Gasteiger charge is -2.21. The number of H-pyrrole nitrogens is 1. The van der Waals surface area contributed by atoms with E-state index in [1.165, 1.54) is 0 Å². The number of aryl methyl sites for hydroxylation is 2. The molecule has 0 radical (unpaired) electrons. The number of amides is 1. The van der Waals surface area contributed by atoms with Gasteiger partial charge in [0.15, 0.2) is 0 Å². The lowest BCUT2D eigenvalue weighted by molar-refractivity contribution is -0.140. The predicted molar refractivity (Wildman–Crippen MR) is 121 cm³/mol. The van der Waals surface area contributed by atoms with Crippen molar-refractivity contribution in [2.45, 2.75) is 38.7 Å². The molecule has 3 aromatic rings. The molecule has 0 spiro atoms. The highest BCUT2D eigenvalue weighted by Gasteiger charge is 2.35. The Balaban J connectivity index is 1.44. The van der Waals surface area contributed by atoms with Crippen molar-refractivity contribution in [1.29, 1.82) is 0 Å². The van der Waals surface area contributed by atoms with Gasteiger partial charge in [-0.25, -0.2) is 0 Å². The number of hydrogen-bond acceptors (Lipinski definition) is 4. The first-order valence-electron chi connectivity index (χ1n) is 10.6. The van der Waals surface area contributed by atoms with E-state index in [1.54, 1.807) is 4.90 Å². The van der Waals surface area contributed by atoms with Crippen LogP contribution < -0.4 is 0 Å². The average Bonchev–Trinajstić information content (AvgIpc) is 3.40. The van der Waals surface area contributed by atoms with E-state index in [-0.39, 0.29) is 11.8 Å². The van der Waals surface area contributed by atoms with Crippen LogP contribution in [0.3, 0.4) is 0 Å². The molecule has 1 N–H and O–H groups in total. The Morgan fingerprint density at radius 3 is 2.26 bits per heavy atom. The molecular weight excluding hydrogens is 388 g/mol. The summed E-state index contributed by atoms with van der Waals surface area (Å²) in [6.07, 6.45) is 0.663. The van der Waals surface area contributed by atoms with Gasteiger partial charge in [-0.05, 0) is 37.0 Å². The van der Waals surface area contributed by atoms with Crippen molar-refractivity contribution in [2.24, 2.45) is 5.16 Å². The van der Waals surface area contributed by atoms with Crippen molar-refractivity contribution in [2.75, 3.05) is 13.6 Å². The number of nitrogens with one attached hydrogen (secondary N) is 1. The molecule has 0 aliphatic carbocycles. The van der Waals surface area contributed by atoms with E-state index in [0.29, 0.717) is 13.0 Å². The normalized spacial score (nSPS) is 15.6. The second-order valence-electron chi connectivity index (χ2n) is 8.06. The minimum atomic E-state index is -0.582. The maximum Gasteiger partial charge on any atom is 0.266 e. The zero-order chi connectivity index (χ0) is 21.8. The largest absolute Gasteiger partial charge is 0.382 e. The van der Waals surface area contributed by atoms with E-state index < -0.39 is 6.10 Å². The summed E-state index contributed by atoms with van der Waals surface area (Å²) in [4.78, 5) is 20.4. The number of aromatic nitrogens is 2. The first-order chi connectivity index (χ1) is 15.0. The molecular formula is C25H28N4O2. The number of likely N-dealkylation sites (N-methyl/N-ethyl adjacent to an activating group) is 1. The summed E-state index contributed by atoms with van der Waals surface area (Å²) in [5.41, 5.74) is 6.36. The van der Waals surface area contributed by atoms with E-state index in [4.69, 9.17) is 4.84 Å². The Kier molecular flexibility index (Phi) is 6.16. The van der Waals surface area contributed by atoms with Crippen LogP contribution in [0.5, 0.6) is 0 Å². The standard InChI is InChI=1S/C25H28N4O2/c1-17-21(18(2)27-26-17)14-15-29(3)25(30)23-16-22(28-31-23)24(19-10-6-4-7-11-19)20-12-8-5-9-13-20/h4-13,23-24H,14-16H2,1-3H3,(H,26,27)/t23-/m1/s1.